The van der Waals surface area contributed by atoms with Crippen LogP contribution in [0.5, 0.6) is 5.75 Å². The molecule has 0 radical (unpaired) electrons. The van der Waals surface area contributed by atoms with E-state index in [2.05, 4.69) is 15.5 Å². The SMILES string of the molecule is CCc1noc(-c2ccc(NC(=O)COc3ccc(Cl)cc3)cc2)n1. The van der Waals surface area contributed by atoms with Gasteiger partial charge in [-0.15, -0.1) is 0 Å². The summed E-state index contributed by atoms with van der Waals surface area (Å²) in [7, 11) is 0. The quantitative estimate of drug-likeness (QED) is 0.722. The number of carbonyl (C=O) groups is 1. The van der Waals surface area contributed by atoms with E-state index in [4.69, 9.17) is 20.9 Å². The Hall–Kier alpha value is -2.86. The molecular formula is C18H16ClN3O3. The molecule has 0 fully saturated rings. The molecule has 0 aliphatic rings. The van der Waals surface area contributed by atoms with Crippen molar-refractivity contribution in [3.05, 3.63) is 59.4 Å². The molecule has 1 N–H and O–H groups in total. The molecule has 2 aromatic carbocycles. The topological polar surface area (TPSA) is 77.2 Å². The lowest BCUT2D eigenvalue weighted by Crippen LogP contribution is -2.20. The van der Waals surface area contributed by atoms with Crippen molar-refractivity contribution in [2.45, 2.75) is 13.3 Å². The minimum absolute atomic E-state index is 0.0904. The van der Waals surface area contributed by atoms with Gasteiger partial charge >= 0.3 is 0 Å². The molecule has 0 unspecified atom stereocenters. The molecule has 0 aliphatic heterocycles. The van der Waals surface area contributed by atoms with Crippen molar-refractivity contribution < 1.29 is 14.1 Å². The van der Waals surface area contributed by atoms with Crippen LogP contribution in [0.3, 0.4) is 0 Å². The highest BCUT2D eigenvalue weighted by Gasteiger charge is 2.08. The molecule has 3 aromatic rings. The second-order valence-electron chi connectivity index (χ2n) is 5.24. The van der Waals surface area contributed by atoms with E-state index in [1.54, 1.807) is 36.4 Å². The van der Waals surface area contributed by atoms with Crippen molar-refractivity contribution in [2.24, 2.45) is 0 Å². The fourth-order valence-electron chi connectivity index (χ4n) is 2.09. The third kappa shape index (κ3) is 4.58. The maximum atomic E-state index is 11.9. The Bertz CT molecular complexity index is 845. The van der Waals surface area contributed by atoms with Gasteiger partial charge in [0.15, 0.2) is 12.4 Å². The van der Waals surface area contributed by atoms with Crippen LogP contribution < -0.4 is 10.1 Å². The molecule has 25 heavy (non-hydrogen) atoms. The van der Waals surface area contributed by atoms with Crippen LogP contribution in [0.4, 0.5) is 5.69 Å². The van der Waals surface area contributed by atoms with Gasteiger partial charge in [-0.25, -0.2) is 0 Å². The molecule has 0 aliphatic carbocycles. The van der Waals surface area contributed by atoms with E-state index in [1.165, 1.54) is 0 Å². The standard InChI is InChI=1S/C18H16ClN3O3/c1-2-16-21-18(25-22-16)12-3-7-14(8-4-12)20-17(23)11-24-15-9-5-13(19)6-10-15/h3-10H,2,11H2,1H3,(H,20,23). The van der Waals surface area contributed by atoms with Crippen LogP contribution >= 0.6 is 11.6 Å². The molecule has 0 spiro atoms. The van der Waals surface area contributed by atoms with Crippen LogP contribution in [-0.2, 0) is 11.2 Å². The molecule has 6 nitrogen and oxygen atoms in total. The van der Waals surface area contributed by atoms with E-state index >= 15 is 0 Å². The molecule has 0 atom stereocenters. The summed E-state index contributed by atoms with van der Waals surface area (Å²) in [6.07, 6.45) is 0.714. The van der Waals surface area contributed by atoms with Crippen molar-refractivity contribution in [3.8, 4) is 17.2 Å². The summed E-state index contributed by atoms with van der Waals surface area (Å²) in [6.45, 7) is 1.87. The second kappa shape index (κ2) is 7.81. The molecule has 0 bridgehead atoms. The first-order chi connectivity index (χ1) is 12.1. The van der Waals surface area contributed by atoms with Gasteiger partial charge in [-0.3, -0.25) is 4.79 Å². The predicted molar refractivity (Wildman–Crippen MR) is 94.7 cm³/mol. The van der Waals surface area contributed by atoms with E-state index in [9.17, 15) is 4.79 Å². The molecule has 7 heteroatoms. The Morgan fingerprint density at radius 2 is 1.88 bits per heavy atom. The smallest absolute Gasteiger partial charge is 0.262 e. The molecule has 0 saturated heterocycles. The number of aromatic nitrogens is 2. The normalized spacial score (nSPS) is 10.5. The highest BCUT2D eigenvalue weighted by atomic mass is 35.5. The summed E-state index contributed by atoms with van der Waals surface area (Å²) in [6, 6.07) is 14.0. The number of hydrogen-bond donors (Lipinski definition) is 1. The Kier molecular flexibility index (Phi) is 5.30. The van der Waals surface area contributed by atoms with Gasteiger partial charge in [-0.2, -0.15) is 4.98 Å². The number of carbonyl (C=O) groups excluding carboxylic acids is 1. The molecule has 1 aromatic heterocycles. The first-order valence-corrected chi connectivity index (χ1v) is 8.13. The number of nitrogens with one attached hydrogen (secondary N) is 1. The van der Waals surface area contributed by atoms with Crippen LogP contribution in [0.2, 0.25) is 5.02 Å². The monoisotopic (exact) mass is 357 g/mol. The summed E-state index contributed by atoms with van der Waals surface area (Å²) in [5, 5.41) is 7.24. The van der Waals surface area contributed by atoms with Gasteiger partial charge in [0.25, 0.3) is 11.8 Å². The number of ether oxygens (including phenoxy) is 1. The summed E-state index contributed by atoms with van der Waals surface area (Å²) >= 11 is 5.80. The first kappa shape index (κ1) is 17.0. The number of amides is 1. The van der Waals surface area contributed by atoms with Crippen LogP contribution in [0.25, 0.3) is 11.5 Å². The van der Waals surface area contributed by atoms with E-state index in [0.717, 1.165) is 5.56 Å². The highest BCUT2D eigenvalue weighted by molar-refractivity contribution is 6.30. The molecule has 1 heterocycles. The molecule has 128 valence electrons. The second-order valence-corrected chi connectivity index (χ2v) is 5.67. The predicted octanol–water partition coefficient (Wildman–Crippen LogP) is 3.97. The summed E-state index contributed by atoms with van der Waals surface area (Å²) in [5.74, 6) is 1.44. The molecule has 0 saturated carbocycles. The maximum absolute atomic E-state index is 11.9. The zero-order valence-corrected chi connectivity index (χ0v) is 14.3. The lowest BCUT2D eigenvalue weighted by molar-refractivity contribution is -0.118. The van der Waals surface area contributed by atoms with Crippen molar-refractivity contribution in [1.82, 2.24) is 10.1 Å². The lowest BCUT2D eigenvalue weighted by atomic mass is 10.2. The number of hydrogen-bond acceptors (Lipinski definition) is 5. The lowest BCUT2D eigenvalue weighted by Gasteiger charge is -2.08. The Balaban J connectivity index is 1.55. The number of halogens is 1. The summed E-state index contributed by atoms with van der Waals surface area (Å²) < 4.78 is 10.6. The minimum Gasteiger partial charge on any atom is -0.484 e. The third-order valence-corrected chi connectivity index (χ3v) is 3.64. The van der Waals surface area contributed by atoms with Crippen LogP contribution in [-0.4, -0.2) is 22.7 Å². The summed E-state index contributed by atoms with van der Waals surface area (Å²) in [4.78, 5) is 16.2. The average molecular weight is 358 g/mol. The maximum Gasteiger partial charge on any atom is 0.262 e. The van der Waals surface area contributed by atoms with Crippen molar-refractivity contribution in [1.29, 1.82) is 0 Å². The number of nitrogens with zero attached hydrogens (tertiary/aromatic N) is 2. The number of rotatable bonds is 6. The van der Waals surface area contributed by atoms with Gasteiger partial charge in [0.1, 0.15) is 5.75 Å². The number of benzene rings is 2. The highest BCUT2D eigenvalue weighted by Crippen LogP contribution is 2.20. The van der Waals surface area contributed by atoms with Crippen LogP contribution in [0.15, 0.2) is 53.1 Å². The third-order valence-electron chi connectivity index (χ3n) is 3.38. The average Bonchev–Trinajstić information content (AvgIpc) is 3.11. The number of aryl methyl sites for hydroxylation is 1. The van der Waals surface area contributed by atoms with Crippen LogP contribution in [0, 0.1) is 0 Å². The van der Waals surface area contributed by atoms with Gasteiger partial charge in [0.2, 0.25) is 0 Å². The molecule has 1 amide bonds. The van der Waals surface area contributed by atoms with Crippen molar-refractivity contribution >= 4 is 23.2 Å². The van der Waals surface area contributed by atoms with Gasteiger partial charge in [0.05, 0.1) is 0 Å². The fraction of sp³-hybridized carbons (Fsp3) is 0.167. The number of anilines is 1. The molecule has 3 rings (SSSR count). The van der Waals surface area contributed by atoms with Crippen LogP contribution in [0.1, 0.15) is 12.7 Å². The van der Waals surface area contributed by atoms with Gasteiger partial charge in [-0.1, -0.05) is 23.7 Å². The Morgan fingerprint density at radius 3 is 2.52 bits per heavy atom. The molecular weight excluding hydrogens is 342 g/mol. The Labute approximate surface area is 149 Å². The minimum atomic E-state index is -0.256. The first-order valence-electron chi connectivity index (χ1n) is 7.75. The van der Waals surface area contributed by atoms with Crippen molar-refractivity contribution in [3.63, 3.8) is 0 Å². The zero-order valence-electron chi connectivity index (χ0n) is 13.5. The Morgan fingerprint density at radius 1 is 1.16 bits per heavy atom. The van der Waals surface area contributed by atoms with E-state index in [0.29, 0.717) is 34.6 Å². The van der Waals surface area contributed by atoms with E-state index in [1.807, 2.05) is 19.1 Å². The van der Waals surface area contributed by atoms with Gasteiger partial charge < -0.3 is 14.6 Å². The van der Waals surface area contributed by atoms with Crippen molar-refractivity contribution in [2.75, 3.05) is 11.9 Å². The zero-order chi connectivity index (χ0) is 17.6. The van der Waals surface area contributed by atoms with E-state index in [-0.39, 0.29) is 12.5 Å². The fourth-order valence-corrected chi connectivity index (χ4v) is 2.21. The van der Waals surface area contributed by atoms with E-state index < -0.39 is 0 Å². The summed E-state index contributed by atoms with van der Waals surface area (Å²) in [5.41, 5.74) is 1.45. The van der Waals surface area contributed by atoms with Gasteiger partial charge in [0, 0.05) is 22.7 Å². The largest absolute Gasteiger partial charge is 0.484 e. The van der Waals surface area contributed by atoms with Gasteiger partial charge in [-0.05, 0) is 48.5 Å².